The van der Waals surface area contributed by atoms with Crippen molar-refractivity contribution < 1.29 is 0 Å². The molecule has 0 aliphatic carbocycles. The summed E-state index contributed by atoms with van der Waals surface area (Å²) in [5.41, 5.74) is 2.94. The average Bonchev–Trinajstić information content (AvgIpc) is 2.38. The monoisotopic (exact) mass is 250 g/mol. The first kappa shape index (κ1) is 12.9. The first-order valence-corrected chi connectivity index (χ1v) is 7.58. The molecule has 94 valence electrons. The van der Waals surface area contributed by atoms with Gasteiger partial charge in [-0.1, -0.05) is 6.07 Å². The SMILES string of the molecule is CSc1ccc(CCN2CCNCC2)c(C)c1. The Balaban J connectivity index is 1.89. The van der Waals surface area contributed by atoms with Crippen molar-refractivity contribution in [3.63, 3.8) is 0 Å². The third-order valence-electron chi connectivity index (χ3n) is 3.46. The second-order valence-corrected chi connectivity index (χ2v) is 5.51. The summed E-state index contributed by atoms with van der Waals surface area (Å²) in [5, 5.41) is 3.39. The zero-order valence-corrected chi connectivity index (χ0v) is 11.6. The molecule has 0 radical (unpaired) electrons. The number of hydrogen-bond donors (Lipinski definition) is 1. The second-order valence-electron chi connectivity index (χ2n) is 4.63. The largest absolute Gasteiger partial charge is 0.314 e. The van der Waals surface area contributed by atoms with Crippen LogP contribution in [0, 0.1) is 6.92 Å². The van der Waals surface area contributed by atoms with Crippen molar-refractivity contribution in [2.24, 2.45) is 0 Å². The molecule has 1 heterocycles. The van der Waals surface area contributed by atoms with Crippen LogP contribution >= 0.6 is 11.8 Å². The third-order valence-corrected chi connectivity index (χ3v) is 4.18. The predicted molar refractivity (Wildman–Crippen MR) is 76.0 cm³/mol. The van der Waals surface area contributed by atoms with Gasteiger partial charge in [0.2, 0.25) is 0 Å². The fourth-order valence-corrected chi connectivity index (χ4v) is 2.79. The number of benzene rings is 1. The normalized spacial score (nSPS) is 17.3. The van der Waals surface area contributed by atoms with Gasteiger partial charge in [0.1, 0.15) is 0 Å². The lowest BCUT2D eigenvalue weighted by molar-refractivity contribution is 0.244. The van der Waals surface area contributed by atoms with E-state index in [1.807, 2.05) is 11.8 Å². The molecule has 1 aliphatic rings. The minimum absolute atomic E-state index is 1.14. The highest BCUT2D eigenvalue weighted by molar-refractivity contribution is 7.98. The van der Waals surface area contributed by atoms with Crippen molar-refractivity contribution in [3.8, 4) is 0 Å². The number of rotatable bonds is 4. The first-order chi connectivity index (χ1) is 8.29. The highest BCUT2D eigenvalue weighted by Gasteiger charge is 2.09. The second kappa shape index (κ2) is 6.43. The molecule has 1 aromatic carbocycles. The van der Waals surface area contributed by atoms with Gasteiger partial charge in [-0.25, -0.2) is 0 Å². The molecule has 0 unspecified atom stereocenters. The molecule has 2 nitrogen and oxygen atoms in total. The molecule has 1 N–H and O–H groups in total. The lowest BCUT2D eigenvalue weighted by atomic mass is 10.1. The Morgan fingerprint density at radius 1 is 1.29 bits per heavy atom. The topological polar surface area (TPSA) is 15.3 Å². The average molecular weight is 250 g/mol. The maximum absolute atomic E-state index is 3.39. The summed E-state index contributed by atoms with van der Waals surface area (Å²) in [6, 6.07) is 6.84. The van der Waals surface area contributed by atoms with Gasteiger partial charge < -0.3 is 10.2 Å². The molecule has 0 atom stereocenters. The van der Waals surface area contributed by atoms with Crippen LogP contribution in [0.1, 0.15) is 11.1 Å². The number of aryl methyl sites for hydroxylation is 1. The van der Waals surface area contributed by atoms with Crippen molar-refractivity contribution >= 4 is 11.8 Å². The Morgan fingerprint density at radius 3 is 2.71 bits per heavy atom. The van der Waals surface area contributed by atoms with E-state index in [1.165, 1.54) is 42.1 Å². The molecule has 1 aliphatic heterocycles. The molecule has 1 fully saturated rings. The van der Waals surface area contributed by atoms with Crippen LogP contribution in [0.4, 0.5) is 0 Å². The number of nitrogens with zero attached hydrogens (tertiary/aromatic N) is 1. The van der Waals surface area contributed by atoms with Crippen molar-refractivity contribution in [1.29, 1.82) is 0 Å². The Morgan fingerprint density at radius 2 is 2.06 bits per heavy atom. The van der Waals surface area contributed by atoms with E-state index in [0.717, 1.165) is 13.1 Å². The van der Waals surface area contributed by atoms with Crippen LogP contribution in [-0.4, -0.2) is 43.9 Å². The Hall–Kier alpha value is -0.510. The van der Waals surface area contributed by atoms with Crippen LogP contribution in [0.15, 0.2) is 23.1 Å². The molecule has 1 aromatic rings. The van der Waals surface area contributed by atoms with E-state index in [1.54, 1.807) is 0 Å². The molecule has 0 aromatic heterocycles. The lowest BCUT2D eigenvalue weighted by Crippen LogP contribution is -2.44. The first-order valence-electron chi connectivity index (χ1n) is 6.36. The number of nitrogens with one attached hydrogen (secondary N) is 1. The van der Waals surface area contributed by atoms with Crippen LogP contribution in [0.2, 0.25) is 0 Å². The van der Waals surface area contributed by atoms with E-state index in [9.17, 15) is 0 Å². The zero-order chi connectivity index (χ0) is 12.1. The van der Waals surface area contributed by atoms with E-state index in [2.05, 4.69) is 41.6 Å². The van der Waals surface area contributed by atoms with Gasteiger partial charge in [-0.05, 0) is 42.9 Å². The maximum Gasteiger partial charge on any atom is 0.0108 e. The zero-order valence-electron chi connectivity index (χ0n) is 10.8. The molecule has 0 bridgehead atoms. The Kier molecular flexibility index (Phi) is 4.89. The van der Waals surface area contributed by atoms with Gasteiger partial charge in [-0.3, -0.25) is 0 Å². The summed E-state index contributed by atoms with van der Waals surface area (Å²) in [6.45, 7) is 8.10. The van der Waals surface area contributed by atoms with Crippen LogP contribution in [0.5, 0.6) is 0 Å². The van der Waals surface area contributed by atoms with Crippen molar-refractivity contribution in [1.82, 2.24) is 10.2 Å². The van der Waals surface area contributed by atoms with Crippen LogP contribution < -0.4 is 5.32 Å². The van der Waals surface area contributed by atoms with Crippen LogP contribution in [0.25, 0.3) is 0 Å². The summed E-state index contributed by atoms with van der Waals surface area (Å²) >= 11 is 1.82. The minimum atomic E-state index is 1.14. The third kappa shape index (κ3) is 3.73. The molecular weight excluding hydrogens is 228 g/mol. The minimum Gasteiger partial charge on any atom is -0.314 e. The molecular formula is C14H22N2S. The molecule has 17 heavy (non-hydrogen) atoms. The van der Waals surface area contributed by atoms with E-state index in [0.29, 0.717) is 0 Å². The van der Waals surface area contributed by atoms with Gasteiger partial charge in [0, 0.05) is 37.6 Å². The van der Waals surface area contributed by atoms with Gasteiger partial charge >= 0.3 is 0 Å². The molecule has 0 saturated carbocycles. The number of hydrogen-bond acceptors (Lipinski definition) is 3. The molecule has 3 heteroatoms. The number of thioether (sulfide) groups is 1. The smallest absolute Gasteiger partial charge is 0.0108 e. The Bertz CT molecular complexity index is 359. The highest BCUT2D eigenvalue weighted by atomic mass is 32.2. The van der Waals surface area contributed by atoms with E-state index in [-0.39, 0.29) is 0 Å². The summed E-state index contributed by atoms with van der Waals surface area (Å²) in [6.07, 6.45) is 3.32. The summed E-state index contributed by atoms with van der Waals surface area (Å²) in [5.74, 6) is 0. The van der Waals surface area contributed by atoms with E-state index in [4.69, 9.17) is 0 Å². The summed E-state index contributed by atoms with van der Waals surface area (Å²) in [4.78, 5) is 3.92. The van der Waals surface area contributed by atoms with Crippen molar-refractivity contribution in [2.75, 3.05) is 39.0 Å². The lowest BCUT2D eigenvalue weighted by Gasteiger charge is -2.27. The van der Waals surface area contributed by atoms with Gasteiger partial charge in [0.25, 0.3) is 0 Å². The molecule has 2 rings (SSSR count). The van der Waals surface area contributed by atoms with Gasteiger partial charge in [-0.2, -0.15) is 0 Å². The fourth-order valence-electron chi connectivity index (χ4n) is 2.29. The van der Waals surface area contributed by atoms with Gasteiger partial charge in [0.05, 0.1) is 0 Å². The van der Waals surface area contributed by atoms with Crippen molar-refractivity contribution in [2.45, 2.75) is 18.2 Å². The quantitative estimate of drug-likeness (QED) is 0.825. The summed E-state index contributed by atoms with van der Waals surface area (Å²) < 4.78 is 0. The standard InChI is InChI=1S/C14H22N2S/c1-12-11-14(17-2)4-3-13(12)5-8-16-9-6-15-7-10-16/h3-4,11,15H,5-10H2,1-2H3. The molecule has 0 spiro atoms. The molecule has 1 saturated heterocycles. The van der Waals surface area contributed by atoms with Crippen molar-refractivity contribution in [3.05, 3.63) is 29.3 Å². The molecule has 0 amide bonds. The van der Waals surface area contributed by atoms with Gasteiger partial charge in [-0.15, -0.1) is 11.8 Å². The van der Waals surface area contributed by atoms with Gasteiger partial charge in [0.15, 0.2) is 0 Å². The van der Waals surface area contributed by atoms with Crippen LogP contribution in [-0.2, 0) is 6.42 Å². The summed E-state index contributed by atoms with van der Waals surface area (Å²) in [7, 11) is 0. The Labute approximate surface area is 109 Å². The fraction of sp³-hybridized carbons (Fsp3) is 0.571. The number of piperazine rings is 1. The maximum atomic E-state index is 3.39. The predicted octanol–water partition coefficient (Wildman–Crippen LogP) is 2.16. The van der Waals surface area contributed by atoms with Crippen LogP contribution in [0.3, 0.4) is 0 Å². The van der Waals surface area contributed by atoms with E-state index >= 15 is 0 Å². The van der Waals surface area contributed by atoms with E-state index < -0.39 is 0 Å². The highest BCUT2D eigenvalue weighted by Crippen LogP contribution is 2.19.